The van der Waals surface area contributed by atoms with Gasteiger partial charge in [0, 0.05) is 15.5 Å². The van der Waals surface area contributed by atoms with Crippen molar-refractivity contribution in [2.24, 2.45) is 0 Å². The van der Waals surface area contributed by atoms with Crippen LogP contribution in [-0.4, -0.2) is 19.5 Å². The molecule has 24 heavy (non-hydrogen) atoms. The van der Waals surface area contributed by atoms with E-state index in [0.29, 0.717) is 22.1 Å². The largest absolute Gasteiger partial charge is 0.326 e. The lowest BCUT2D eigenvalue weighted by molar-refractivity contribution is -0.885. The fourth-order valence-electron chi connectivity index (χ4n) is 3.07. The van der Waals surface area contributed by atoms with Gasteiger partial charge < -0.3 is 10.2 Å². The summed E-state index contributed by atoms with van der Waals surface area (Å²) in [5, 5.41) is 13.7. The highest BCUT2D eigenvalue weighted by molar-refractivity contribution is 7.16. The van der Waals surface area contributed by atoms with Crippen molar-refractivity contribution in [1.82, 2.24) is 0 Å². The molecule has 1 aromatic heterocycles. The molecule has 2 N–H and O–H groups in total. The molecular formula is C18H19ClN3OS+. The Morgan fingerprint density at radius 2 is 2.12 bits per heavy atom. The van der Waals surface area contributed by atoms with Crippen LogP contribution in [-0.2, 0) is 24.2 Å². The minimum Gasteiger partial charge on any atom is -0.326 e. The lowest BCUT2D eigenvalue weighted by Crippen LogP contribution is -3.08. The zero-order valence-corrected chi connectivity index (χ0v) is 15.1. The van der Waals surface area contributed by atoms with Gasteiger partial charge in [-0.15, -0.1) is 11.3 Å². The topological polar surface area (TPSA) is 57.3 Å². The fourth-order valence-corrected chi connectivity index (χ4v) is 4.45. The van der Waals surface area contributed by atoms with Crippen LogP contribution in [0, 0.1) is 11.3 Å². The van der Waals surface area contributed by atoms with Crippen molar-refractivity contribution in [1.29, 1.82) is 5.26 Å². The number of nitrogens with zero attached hydrogens (tertiary/aromatic N) is 1. The molecule has 1 aliphatic carbocycles. The summed E-state index contributed by atoms with van der Waals surface area (Å²) in [5.41, 5.74) is 2.94. The highest BCUT2D eigenvalue weighted by Crippen LogP contribution is 2.38. The molecule has 0 spiro atoms. The number of fused-ring (bicyclic) bond motifs is 1. The summed E-state index contributed by atoms with van der Waals surface area (Å²) in [7, 11) is 1.98. The molecule has 1 aromatic carbocycles. The highest BCUT2D eigenvalue weighted by atomic mass is 35.5. The number of carbonyl (C=O) groups is 1. The van der Waals surface area contributed by atoms with Crippen LogP contribution in [0.15, 0.2) is 24.3 Å². The Hall–Kier alpha value is -1.87. The van der Waals surface area contributed by atoms with E-state index in [1.165, 1.54) is 4.88 Å². The second-order valence-corrected chi connectivity index (χ2v) is 7.70. The second kappa shape index (κ2) is 7.35. The number of thiophene rings is 1. The minimum atomic E-state index is -0.0575. The number of anilines is 1. The van der Waals surface area contributed by atoms with Gasteiger partial charge in [0.15, 0.2) is 6.54 Å². The number of halogens is 1. The van der Waals surface area contributed by atoms with Crippen molar-refractivity contribution in [3.05, 3.63) is 50.9 Å². The molecule has 1 amide bonds. The van der Waals surface area contributed by atoms with Crippen molar-refractivity contribution < 1.29 is 9.69 Å². The number of rotatable bonds is 5. The summed E-state index contributed by atoms with van der Waals surface area (Å²) < 4.78 is 0. The minimum absolute atomic E-state index is 0.0575. The summed E-state index contributed by atoms with van der Waals surface area (Å²) in [6, 6.07) is 9.92. The predicted octanol–water partition coefficient (Wildman–Crippen LogP) is 2.42. The van der Waals surface area contributed by atoms with Crippen LogP contribution in [0.4, 0.5) is 5.00 Å². The molecule has 1 unspecified atom stereocenters. The smallest absolute Gasteiger partial charge is 0.280 e. The molecule has 1 atom stereocenters. The van der Waals surface area contributed by atoms with Gasteiger partial charge in [0.05, 0.1) is 12.6 Å². The number of benzene rings is 1. The summed E-state index contributed by atoms with van der Waals surface area (Å²) in [4.78, 5) is 14.6. The molecule has 1 aliphatic rings. The Morgan fingerprint density at radius 1 is 1.38 bits per heavy atom. The van der Waals surface area contributed by atoms with Gasteiger partial charge in [-0.2, -0.15) is 5.26 Å². The Morgan fingerprint density at radius 3 is 2.83 bits per heavy atom. The van der Waals surface area contributed by atoms with Crippen molar-refractivity contribution in [2.45, 2.75) is 25.8 Å². The van der Waals surface area contributed by atoms with Gasteiger partial charge in [-0.3, -0.25) is 4.79 Å². The summed E-state index contributed by atoms with van der Waals surface area (Å²) in [6.07, 6.45) is 3.08. The van der Waals surface area contributed by atoms with Gasteiger partial charge in [-0.1, -0.05) is 23.7 Å². The first-order chi connectivity index (χ1) is 11.6. The third kappa shape index (κ3) is 3.78. The van der Waals surface area contributed by atoms with Gasteiger partial charge in [-0.05, 0) is 37.0 Å². The van der Waals surface area contributed by atoms with Gasteiger partial charge in [0.2, 0.25) is 0 Å². The maximum atomic E-state index is 12.3. The quantitative estimate of drug-likeness (QED) is 0.860. The molecule has 1 heterocycles. The van der Waals surface area contributed by atoms with Crippen LogP contribution in [0.3, 0.4) is 0 Å². The van der Waals surface area contributed by atoms with Crippen LogP contribution in [0.2, 0.25) is 5.02 Å². The molecule has 0 fully saturated rings. The molecular weight excluding hydrogens is 342 g/mol. The average Bonchev–Trinajstić information content (AvgIpc) is 3.09. The van der Waals surface area contributed by atoms with Crippen molar-refractivity contribution in [2.75, 3.05) is 18.9 Å². The molecule has 0 saturated heterocycles. The lowest BCUT2D eigenvalue weighted by atomic mass is 10.1. The van der Waals surface area contributed by atoms with Crippen molar-refractivity contribution in [3.63, 3.8) is 0 Å². The number of hydrogen-bond donors (Lipinski definition) is 2. The van der Waals surface area contributed by atoms with E-state index in [4.69, 9.17) is 11.6 Å². The third-order valence-electron chi connectivity index (χ3n) is 4.17. The Balaban J connectivity index is 1.60. The van der Waals surface area contributed by atoms with Crippen molar-refractivity contribution in [3.8, 4) is 6.07 Å². The Labute approximate surface area is 150 Å². The van der Waals surface area contributed by atoms with E-state index in [9.17, 15) is 10.1 Å². The first-order valence-corrected chi connectivity index (χ1v) is 9.16. The Kier molecular flexibility index (Phi) is 5.20. The monoisotopic (exact) mass is 360 g/mol. The van der Waals surface area contributed by atoms with Gasteiger partial charge in [0.1, 0.15) is 17.6 Å². The molecule has 0 bridgehead atoms. The van der Waals surface area contributed by atoms with Gasteiger partial charge >= 0.3 is 0 Å². The summed E-state index contributed by atoms with van der Waals surface area (Å²) in [5.74, 6) is -0.0575. The van der Waals surface area contributed by atoms with E-state index < -0.39 is 0 Å². The van der Waals surface area contributed by atoms with Crippen molar-refractivity contribution >= 4 is 33.8 Å². The average molecular weight is 361 g/mol. The zero-order chi connectivity index (χ0) is 17.1. The maximum absolute atomic E-state index is 12.3. The number of aryl methyl sites for hydroxylation is 1. The molecule has 4 nitrogen and oxygen atoms in total. The van der Waals surface area contributed by atoms with Crippen LogP contribution in [0.5, 0.6) is 0 Å². The molecule has 2 aromatic rings. The first-order valence-electron chi connectivity index (χ1n) is 7.97. The summed E-state index contributed by atoms with van der Waals surface area (Å²) in [6.45, 7) is 1.10. The number of carbonyl (C=O) groups excluding carboxylic acids is 1. The Bertz CT molecular complexity index is 792. The maximum Gasteiger partial charge on any atom is 0.280 e. The fraction of sp³-hybridized carbons (Fsp3) is 0.333. The predicted molar refractivity (Wildman–Crippen MR) is 96.6 cm³/mol. The van der Waals surface area contributed by atoms with Gasteiger partial charge in [-0.25, -0.2) is 0 Å². The van der Waals surface area contributed by atoms with E-state index in [-0.39, 0.29) is 5.91 Å². The lowest BCUT2D eigenvalue weighted by Gasteiger charge is -2.13. The third-order valence-corrected chi connectivity index (χ3v) is 5.63. The highest BCUT2D eigenvalue weighted by Gasteiger charge is 2.23. The van der Waals surface area contributed by atoms with Crippen LogP contribution in [0.1, 0.15) is 28.0 Å². The first kappa shape index (κ1) is 17.0. The molecule has 6 heteroatoms. The second-order valence-electron chi connectivity index (χ2n) is 6.16. The number of nitriles is 1. The number of quaternary nitrogens is 1. The normalized spacial score (nSPS) is 14.0. The van der Waals surface area contributed by atoms with E-state index in [1.54, 1.807) is 11.3 Å². The summed E-state index contributed by atoms with van der Waals surface area (Å²) >= 11 is 7.44. The van der Waals surface area contributed by atoms with E-state index in [2.05, 4.69) is 11.4 Å². The SMILES string of the molecule is C[NH+](CC(=O)Nc1sc2c(c1C#N)CCC2)Cc1ccc(Cl)cc1. The van der Waals surface area contributed by atoms with Gasteiger partial charge in [0.25, 0.3) is 5.91 Å². The van der Waals surface area contributed by atoms with Crippen LogP contribution < -0.4 is 10.2 Å². The number of likely N-dealkylation sites (N-methyl/N-ethyl adjacent to an activating group) is 1. The number of amides is 1. The van der Waals surface area contributed by atoms with Crippen LogP contribution >= 0.6 is 22.9 Å². The zero-order valence-electron chi connectivity index (χ0n) is 13.5. The molecule has 0 radical (unpaired) electrons. The molecule has 124 valence electrons. The number of nitrogens with one attached hydrogen (secondary N) is 2. The standard InChI is InChI=1S/C18H18ClN3OS/c1-22(10-12-5-7-13(19)8-6-12)11-17(23)21-18-15(9-20)14-3-2-4-16(14)24-18/h5-8H,2-4,10-11H2,1H3,(H,21,23)/p+1. The van der Waals surface area contributed by atoms with E-state index >= 15 is 0 Å². The number of hydrogen-bond acceptors (Lipinski definition) is 3. The van der Waals surface area contributed by atoms with E-state index in [1.807, 2.05) is 31.3 Å². The van der Waals surface area contributed by atoms with Crippen LogP contribution in [0.25, 0.3) is 0 Å². The molecule has 0 aliphatic heterocycles. The van der Waals surface area contributed by atoms with E-state index in [0.717, 1.165) is 41.8 Å². The molecule has 3 rings (SSSR count). The molecule has 0 saturated carbocycles.